The Morgan fingerprint density at radius 3 is 2.40 bits per heavy atom. The zero-order valence-electron chi connectivity index (χ0n) is 6.00. The number of fused-ring (bicyclic) bond motifs is 1. The van der Waals surface area contributed by atoms with Gasteiger partial charge in [-0.05, 0) is 5.41 Å². The molecule has 1 N–H and O–H groups in total. The molecule has 0 bridgehead atoms. The fourth-order valence-electron chi connectivity index (χ4n) is 1.93. The molecule has 10 heavy (non-hydrogen) atoms. The molecule has 1 saturated heterocycles. The van der Waals surface area contributed by atoms with E-state index < -0.39 is 6.29 Å². The van der Waals surface area contributed by atoms with E-state index in [0.29, 0.717) is 0 Å². The summed E-state index contributed by atoms with van der Waals surface area (Å²) in [6.45, 7) is 3.96. The van der Waals surface area contributed by atoms with Crippen molar-refractivity contribution in [3.63, 3.8) is 0 Å². The minimum atomic E-state index is -0.840. The number of carbonyl (C=O) groups excluding carboxylic acids is 1. The first-order valence-corrected chi connectivity index (χ1v) is 3.43. The van der Waals surface area contributed by atoms with Gasteiger partial charge in [0.1, 0.15) is 0 Å². The fraction of sp³-hybridized carbons (Fsp3) is 0.857. The van der Waals surface area contributed by atoms with Crippen molar-refractivity contribution < 1.29 is 14.6 Å². The second kappa shape index (κ2) is 1.37. The molecule has 1 heterocycles. The van der Waals surface area contributed by atoms with E-state index in [-0.39, 0.29) is 23.2 Å². The van der Waals surface area contributed by atoms with E-state index in [1.165, 1.54) is 0 Å². The van der Waals surface area contributed by atoms with Gasteiger partial charge < -0.3 is 9.84 Å². The van der Waals surface area contributed by atoms with Crippen molar-refractivity contribution in [2.24, 2.45) is 17.3 Å². The van der Waals surface area contributed by atoms with Gasteiger partial charge in [0.15, 0.2) is 0 Å². The number of rotatable bonds is 0. The molecule has 1 saturated carbocycles. The SMILES string of the molecule is CC1(C)C2C(=O)O[C@@H](O)[C@@H]21. The van der Waals surface area contributed by atoms with Crippen molar-refractivity contribution in [2.45, 2.75) is 20.1 Å². The summed E-state index contributed by atoms with van der Waals surface area (Å²) in [7, 11) is 0. The molecule has 0 radical (unpaired) electrons. The lowest BCUT2D eigenvalue weighted by molar-refractivity contribution is -0.164. The van der Waals surface area contributed by atoms with Gasteiger partial charge in [0.05, 0.1) is 5.92 Å². The molecule has 0 amide bonds. The van der Waals surface area contributed by atoms with Crippen LogP contribution in [0.5, 0.6) is 0 Å². The highest BCUT2D eigenvalue weighted by molar-refractivity contribution is 5.80. The highest BCUT2D eigenvalue weighted by Gasteiger charge is 2.71. The molecule has 0 aromatic rings. The number of hydrogen-bond acceptors (Lipinski definition) is 3. The minimum Gasteiger partial charge on any atom is -0.435 e. The quantitative estimate of drug-likeness (QED) is 0.489. The van der Waals surface area contributed by atoms with Gasteiger partial charge in [-0.1, -0.05) is 13.8 Å². The molecule has 2 aliphatic rings. The number of ether oxygens (including phenoxy) is 1. The third-order valence-electron chi connectivity index (χ3n) is 2.71. The van der Waals surface area contributed by atoms with Crippen LogP contribution >= 0.6 is 0 Å². The molecule has 0 aromatic heterocycles. The average Bonchev–Trinajstić information content (AvgIpc) is 2.17. The van der Waals surface area contributed by atoms with E-state index in [2.05, 4.69) is 4.74 Å². The third-order valence-corrected chi connectivity index (χ3v) is 2.71. The minimum absolute atomic E-state index is 0.0191. The van der Waals surface area contributed by atoms with E-state index in [0.717, 1.165) is 0 Å². The lowest BCUT2D eigenvalue weighted by atomic mass is 10.1. The van der Waals surface area contributed by atoms with Gasteiger partial charge in [-0.25, -0.2) is 0 Å². The van der Waals surface area contributed by atoms with Crippen LogP contribution in [0.15, 0.2) is 0 Å². The number of aliphatic hydroxyl groups is 1. The summed E-state index contributed by atoms with van der Waals surface area (Å²) in [6, 6.07) is 0. The zero-order chi connectivity index (χ0) is 7.52. The predicted molar refractivity (Wildman–Crippen MR) is 32.9 cm³/mol. The summed E-state index contributed by atoms with van der Waals surface area (Å²) in [5.41, 5.74) is -0.0191. The number of hydrogen-bond donors (Lipinski definition) is 1. The van der Waals surface area contributed by atoms with E-state index in [4.69, 9.17) is 5.11 Å². The van der Waals surface area contributed by atoms with E-state index >= 15 is 0 Å². The Hall–Kier alpha value is -0.570. The van der Waals surface area contributed by atoms with Gasteiger partial charge in [-0.15, -0.1) is 0 Å². The van der Waals surface area contributed by atoms with Gasteiger partial charge in [0, 0.05) is 5.92 Å². The highest BCUT2D eigenvalue weighted by Crippen LogP contribution is 2.63. The number of cyclic esters (lactones) is 1. The fourth-order valence-corrected chi connectivity index (χ4v) is 1.93. The average molecular weight is 142 g/mol. The van der Waals surface area contributed by atoms with Crippen LogP contribution in [0.4, 0.5) is 0 Å². The standard InChI is InChI=1S/C7H10O3/c1-7(2)3-4(7)6(9)10-5(3)8/h3-5,8H,1-2H3/t3-,4?,5-/m1/s1. The summed E-state index contributed by atoms with van der Waals surface area (Å²) >= 11 is 0. The summed E-state index contributed by atoms with van der Waals surface area (Å²) in [5.74, 6) is -0.218. The normalized spacial score (nSPS) is 48.3. The molecular weight excluding hydrogens is 132 g/mol. The highest BCUT2D eigenvalue weighted by atomic mass is 16.6. The van der Waals surface area contributed by atoms with Gasteiger partial charge in [0.25, 0.3) is 0 Å². The van der Waals surface area contributed by atoms with Crippen molar-refractivity contribution in [1.29, 1.82) is 0 Å². The molecular formula is C7H10O3. The van der Waals surface area contributed by atoms with Gasteiger partial charge >= 0.3 is 5.97 Å². The molecule has 3 nitrogen and oxygen atoms in total. The van der Waals surface area contributed by atoms with Crippen molar-refractivity contribution in [3.8, 4) is 0 Å². The molecule has 1 aliphatic heterocycles. The first-order valence-electron chi connectivity index (χ1n) is 3.43. The van der Waals surface area contributed by atoms with Crippen molar-refractivity contribution >= 4 is 5.97 Å². The van der Waals surface area contributed by atoms with Crippen LogP contribution in [0.25, 0.3) is 0 Å². The number of aliphatic hydroxyl groups excluding tert-OH is 1. The zero-order valence-corrected chi connectivity index (χ0v) is 6.00. The lowest BCUT2D eigenvalue weighted by Gasteiger charge is -2.11. The molecule has 2 fully saturated rings. The van der Waals surface area contributed by atoms with E-state index in [1.54, 1.807) is 0 Å². The molecule has 2 rings (SSSR count). The first kappa shape index (κ1) is 6.16. The maximum Gasteiger partial charge on any atom is 0.312 e. The Kier molecular flexibility index (Phi) is 0.844. The molecule has 3 heteroatoms. The van der Waals surface area contributed by atoms with Gasteiger partial charge in [-0.2, -0.15) is 0 Å². The van der Waals surface area contributed by atoms with Crippen LogP contribution in [0.3, 0.4) is 0 Å². The summed E-state index contributed by atoms with van der Waals surface area (Å²) in [4.78, 5) is 10.9. The second-order valence-corrected chi connectivity index (χ2v) is 3.65. The van der Waals surface area contributed by atoms with E-state index in [9.17, 15) is 4.79 Å². The molecule has 56 valence electrons. The molecule has 1 aliphatic carbocycles. The summed E-state index contributed by atoms with van der Waals surface area (Å²) in [6.07, 6.45) is -0.840. The van der Waals surface area contributed by atoms with Gasteiger partial charge in [0.2, 0.25) is 6.29 Å². The molecule has 0 aromatic carbocycles. The van der Waals surface area contributed by atoms with E-state index in [1.807, 2.05) is 13.8 Å². The van der Waals surface area contributed by atoms with Crippen molar-refractivity contribution in [1.82, 2.24) is 0 Å². The largest absolute Gasteiger partial charge is 0.435 e. The Morgan fingerprint density at radius 1 is 1.60 bits per heavy atom. The van der Waals surface area contributed by atoms with Crippen LogP contribution in [0.2, 0.25) is 0 Å². The number of esters is 1. The topological polar surface area (TPSA) is 46.5 Å². The summed E-state index contributed by atoms with van der Waals surface area (Å²) in [5, 5.41) is 9.10. The lowest BCUT2D eigenvalue weighted by Crippen LogP contribution is -2.18. The van der Waals surface area contributed by atoms with Crippen molar-refractivity contribution in [2.75, 3.05) is 0 Å². The van der Waals surface area contributed by atoms with Crippen molar-refractivity contribution in [3.05, 3.63) is 0 Å². The first-order chi connectivity index (χ1) is 4.55. The smallest absolute Gasteiger partial charge is 0.312 e. The maximum absolute atomic E-state index is 10.9. The predicted octanol–water partition coefficient (Wildman–Crippen LogP) is 0.134. The Morgan fingerprint density at radius 2 is 2.20 bits per heavy atom. The second-order valence-electron chi connectivity index (χ2n) is 3.65. The Labute approximate surface area is 59.0 Å². The Bertz CT molecular complexity index is 197. The monoisotopic (exact) mass is 142 g/mol. The molecule has 3 atom stereocenters. The van der Waals surface area contributed by atoms with Crippen LogP contribution in [-0.2, 0) is 9.53 Å². The molecule has 1 unspecified atom stereocenters. The van der Waals surface area contributed by atoms with Crippen LogP contribution in [0.1, 0.15) is 13.8 Å². The van der Waals surface area contributed by atoms with Crippen LogP contribution in [0, 0.1) is 17.3 Å². The molecule has 0 spiro atoms. The maximum atomic E-state index is 10.9. The Balaban J connectivity index is 2.25. The van der Waals surface area contributed by atoms with Crippen LogP contribution < -0.4 is 0 Å². The third kappa shape index (κ3) is 0.475. The van der Waals surface area contributed by atoms with Gasteiger partial charge in [-0.3, -0.25) is 4.79 Å². The number of carbonyl (C=O) groups is 1. The van der Waals surface area contributed by atoms with Crippen LogP contribution in [-0.4, -0.2) is 17.4 Å². The summed E-state index contributed by atoms with van der Waals surface area (Å²) < 4.78 is 4.58.